The fraction of sp³-hybridized carbons (Fsp3) is 0.400. The number of aromatic nitrogens is 1. The van der Waals surface area contributed by atoms with Crippen LogP contribution in [0.2, 0.25) is 0 Å². The molecule has 1 saturated heterocycles. The van der Waals surface area contributed by atoms with E-state index in [4.69, 9.17) is 5.11 Å². The molecule has 0 bridgehead atoms. The molecule has 2 atom stereocenters. The lowest BCUT2D eigenvalue weighted by atomic mass is 10.1. The molecule has 1 aromatic rings. The monoisotopic (exact) mass is 237 g/mol. The van der Waals surface area contributed by atoms with Gasteiger partial charge in [-0.25, -0.2) is 0 Å². The lowest BCUT2D eigenvalue weighted by Gasteiger charge is -2.10. The smallest absolute Gasteiger partial charge is 0.320 e. The van der Waals surface area contributed by atoms with Crippen molar-refractivity contribution >= 4 is 11.7 Å². The Morgan fingerprint density at radius 3 is 2.76 bits per heavy atom. The lowest BCUT2D eigenvalue weighted by Crippen LogP contribution is -2.32. The first-order chi connectivity index (χ1) is 8.08. The third kappa shape index (κ3) is 2.39. The van der Waals surface area contributed by atoms with Crippen LogP contribution < -0.4 is 5.32 Å². The van der Waals surface area contributed by atoms with Crippen LogP contribution in [-0.4, -0.2) is 27.0 Å². The SMILES string of the molecule is O=C(O)[C@@H]1CC[C@@H](c2ccc([N+](=O)[O-])cn2)N1. The van der Waals surface area contributed by atoms with Gasteiger partial charge in [0.2, 0.25) is 0 Å². The van der Waals surface area contributed by atoms with Crippen molar-refractivity contribution < 1.29 is 14.8 Å². The van der Waals surface area contributed by atoms with Crippen molar-refractivity contribution in [2.75, 3.05) is 0 Å². The maximum absolute atomic E-state index is 10.7. The highest BCUT2D eigenvalue weighted by atomic mass is 16.6. The Hall–Kier alpha value is -2.02. The van der Waals surface area contributed by atoms with E-state index in [1.54, 1.807) is 6.07 Å². The van der Waals surface area contributed by atoms with E-state index in [0.29, 0.717) is 18.5 Å². The molecule has 2 heterocycles. The molecule has 1 fully saturated rings. The highest BCUT2D eigenvalue weighted by molar-refractivity contribution is 5.73. The standard InChI is InChI=1S/C10H11N3O4/c14-10(15)9-4-3-8(12-9)7-2-1-6(5-11-7)13(16)17/h1-2,5,8-9,12H,3-4H2,(H,14,15)/t8-,9-/m0/s1. The molecule has 7 heteroatoms. The Balaban J connectivity index is 2.09. The van der Waals surface area contributed by atoms with E-state index >= 15 is 0 Å². The Morgan fingerprint density at radius 2 is 2.29 bits per heavy atom. The number of carboxylic acids is 1. The quantitative estimate of drug-likeness (QED) is 0.596. The second-order valence-corrected chi connectivity index (χ2v) is 3.89. The molecule has 0 unspecified atom stereocenters. The zero-order valence-electron chi connectivity index (χ0n) is 8.87. The summed E-state index contributed by atoms with van der Waals surface area (Å²) in [6.45, 7) is 0. The number of pyridine rings is 1. The Kier molecular flexibility index (Phi) is 3.01. The molecular weight excluding hydrogens is 226 g/mol. The molecular formula is C10H11N3O4. The average Bonchev–Trinajstić information content (AvgIpc) is 2.78. The van der Waals surface area contributed by atoms with E-state index in [-0.39, 0.29) is 11.7 Å². The minimum Gasteiger partial charge on any atom is -0.480 e. The molecule has 2 N–H and O–H groups in total. The summed E-state index contributed by atoms with van der Waals surface area (Å²) in [6.07, 6.45) is 2.39. The predicted octanol–water partition coefficient (Wildman–Crippen LogP) is 0.867. The van der Waals surface area contributed by atoms with Crippen LogP contribution in [0.4, 0.5) is 5.69 Å². The third-order valence-corrected chi connectivity index (χ3v) is 2.78. The second-order valence-electron chi connectivity index (χ2n) is 3.89. The molecule has 0 aromatic carbocycles. The Bertz CT molecular complexity index is 445. The van der Waals surface area contributed by atoms with Gasteiger partial charge < -0.3 is 5.11 Å². The van der Waals surface area contributed by atoms with Crippen molar-refractivity contribution in [2.45, 2.75) is 24.9 Å². The number of hydrogen-bond donors (Lipinski definition) is 2. The molecule has 1 aliphatic heterocycles. The van der Waals surface area contributed by atoms with Crippen LogP contribution in [0.3, 0.4) is 0 Å². The molecule has 0 spiro atoms. The van der Waals surface area contributed by atoms with E-state index in [2.05, 4.69) is 10.3 Å². The van der Waals surface area contributed by atoms with E-state index in [0.717, 1.165) is 0 Å². The Labute approximate surface area is 96.6 Å². The summed E-state index contributed by atoms with van der Waals surface area (Å²) in [4.78, 5) is 24.7. The summed E-state index contributed by atoms with van der Waals surface area (Å²) in [5.74, 6) is -0.880. The number of nitro groups is 1. The molecule has 0 saturated carbocycles. The van der Waals surface area contributed by atoms with Gasteiger partial charge in [0.25, 0.3) is 5.69 Å². The molecule has 7 nitrogen and oxygen atoms in total. The van der Waals surface area contributed by atoms with Crippen molar-refractivity contribution in [3.63, 3.8) is 0 Å². The van der Waals surface area contributed by atoms with Gasteiger partial charge in [-0.05, 0) is 18.9 Å². The Morgan fingerprint density at radius 1 is 1.53 bits per heavy atom. The van der Waals surface area contributed by atoms with E-state index in [1.165, 1.54) is 12.3 Å². The highest BCUT2D eigenvalue weighted by Crippen LogP contribution is 2.26. The molecule has 2 rings (SSSR count). The van der Waals surface area contributed by atoms with Crippen LogP contribution in [0.25, 0.3) is 0 Å². The van der Waals surface area contributed by atoms with Gasteiger partial charge in [0.1, 0.15) is 12.2 Å². The van der Waals surface area contributed by atoms with Crippen molar-refractivity contribution in [1.82, 2.24) is 10.3 Å². The van der Waals surface area contributed by atoms with Crippen LogP contribution in [0.1, 0.15) is 24.6 Å². The van der Waals surface area contributed by atoms with Gasteiger partial charge in [0, 0.05) is 6.07 Å². The fourth-order valence-electron chi connectivity index (χ4n) is 1.88. The van der Waals surface area contributed by atoms with Crippen LogP contribution in [-0.2, 0) is 4.79 Å². The normalized spacial score (nSPS) is 23.5. The number of rotatable bonds is 3. The minimum absolute atomic E-state index is 0.0680. The van der Waals surface area contributed by atoms with Crippen molar-refractivity contribution in [3.8, 4) is 0 Å². The van der Waals surface area contributed by atoms with Gasteiger partial charge in [-0.1, -0.05) is 0 Å². The molecule has 1 aliphatic rings. The second kappa shape index (κ2) is 4.46. The lowest BCUT2D eigenvalue weighted by molar-refractivity contribution is -0.385. The largest absolute Gasteiger partial charge is 0.480 e. The van der Waals surface area contributed by atoms with E-state index < -0.39 is 16.9 Å². The maximum Gasteiger partial charge on any atom is 0.320 e. The van der Waals surface area contributed by atoms with Gasteiger partial charge in [-0.15, -0.1) is 0 Å². The van der Waals surface area contributed by atoms with Crippen LogP contribution >= 0.6 is 0 Å². The summed E-state index contributed by atoms with van der Waals surface area (Å²) in [6, 6.07) is 2.23. The number of nitrogens with one attached hydrogen (secondary N) is 1. The van der Waals surface area contributed by atoms with Crippen LogP contribution in [0.5, 0.6) is 0 Å². The van der Waals surface area contributed by atoms with Crippen LogP contribution in [0.15, 0.2) is 18.3 Å². The van der Waals surface area contributed by atoms with E-state index in [9.17, 15) is 14.9 Å². The van der Waals surface area contributed by atoms with Gasteiger partial charge >= 0.3 is 5.97 Å². The summed E-state index contributed by atoms with van der Waals surface area (Å²) in [5, 5.41) is 22.2. The van der Waals surface area contributed by atoms with Gasteiger partial charge in [0.05, 0.1) is 16.7 Å². The zero-order valence-corrected chi connectivity index (χ0v) is 8.87. The summed E-state index contributed by atoms with van der Waals surface area (Å²) >= 11 is 0. The summed E-state index contributed by atoms with van der Waals surface area (Å²) in [5.41, 5.74) is 0.570. The van der Waals surface area contributed by atoms with Crippen molar-refractivity contribution in [2.24, 2.45) is 0 Å². The van der Waals surface area contributed by atoms with Gasteiger partial charge in [0.15, 0.2) is 0 Å². The highest BCUT2D eigenvalue weighted by Gasteiger charge is 2.30. The number of carbonyl (C=O) groups is 1. The predicted molar refractivity (Wildman–Crippen MR) is 57.4 cm³/mol. The number of carboxylic acid groups (broad SMARTS) is 1. The van der Waals surface area contributed by atoms with E-state index in [1.807, 2.05) is 0 Å². The minimum atomic E-state index is -0.880. The van der Waals surface area contributed by atoms with Gasteiger partial charge in [-0.2, -0.15) is 0 Å². The fourth-order valence-corrected chi connectivity index (χ4v) is 1.88. The molecule has 1 aromatic heterocycles. The first-order valence-electron chi connectivity index (χ1n) is 5.17. The summed E-state index contributed by atoms with van der Waals surface area (Å²) in [7, 11) is 0. The molecule has 0 radical (unpaired) electrons. The molecule has 0 amide bonds. The van der Waals surface area contributed by atoms with Crippen LogP contribution in [0, 0.1) is 10.1 Å². The maximum atomic E-state index is 10.7. The number of nitrogens with zero attached hydrogens (tertiary/aromatic N) is 2. The van der Waals surface area contributed by atoms with Crippen molar-refractivity contribution in [1.29, 1.82) is 0 Å². The first kappa shape index (κ1) is 11.5. The molecule has 0 aliphatic carbocycles. The molecule has 90 valence electrons. The molecule has 17 heavy (non-hydrogen) atoms. The van der Waals surface area contributed by atoms with Crippen molar-refractivity contribution in [3.05, 3.63) is 34.1 Å². The first-order valence-corrected chi connectivity index (χ1v) is 5.17. The topological polar surface area (TPSA) is 105 Å². The van der Waals surface area contributed by atoms with Gasteiger partial charge in [-0.3, -0.25) is 25.2 Å². The number of hydrogen-bond acceptors (Lipinski definition) is 5. The average molecular weight is 237 g/mol. The summed E-state index contributed by atoms with van der Waals surface area (Å²) < 4.78 is 0. The number of aliphatic carboxylic acids is 1. The third-order valence-electron chi connectivity index (χ3n) is 2.78. The zero-order chi connectivity index (χ0) is 12.4.